The summed E-state index contributed by atoms with van der Waals surface area (Å²) in [6, 6.07) is 8.57. The minimum absolute atomic E-state index is 0. The summed E-state index contributed by atoms with van der Waals surface area (Å²) in [4.78, 5) is 19.3. The average molecular weight is 527 g/mol. The van der Waals surface area contributed by atoms with Gasteiger partial charge in [0, 0.05) is 44.3 Å². The number of carbonyl (C=O) groups excluding carboxylic acids is 1. The van der Waals surface area contributed by atoms with Gasteiger partial charge in [-0.15, -0.1) is 24.0 Å². The summed E-state index contributed by atoms with van der Waals surface area (Å²) in [6.45, 7) is 6.44. The summed E-state index contributed by atoms with van der Waals surface area (Å²) in [5.74, 6) is 1.20. The van der Waals surface area contributed by atoms with Gasteiger partial charge in [0.2, 0.25) is 5.91 Å². The van der Waals surface area contributed by atoms with E-state index >= 15 is 0 Å². The second-order valence-electron chi connectivity index (χ2n) is 8.36. The van der Waals surface area contributed by atoms with Crippen LogP contribution in [0.4, 0.5) is 5.69 Å². The van der Waals surface area contributed by atoms with Crippen LogP contribution < -0.4 is 16.0 Å². The molecule has 30 heavy (non-hydrogen) atoms. The lowest BCUT2D eigenvalue weighted by molar-refractivity contribution is -0.119. The van der Waals surface area contributed by atoms with Gasteiger partial charge in [-0.1, -0.05) is 31.9 Å². The van der Waals surface area contributed by atoms with E-state index in [2.05, 4.69) is 44.9 Å². The summed E-state index contributed by atoms with van der Waals surface area (Å²) in [5.41, 5.74) is 2.02. The van der Waals surface area contributed by atoms with Gasteiger partial charge < -0.3 is 20.9 Å². The largest absolute Gasteiger partial charge is 0.354 e. The maximum absolute atomic E-state index is 12.4. The zero-order valence-corrected chi connectivity index (χ0v) is 20.8. The monoisotopic (exact) mass is 527 g/mol. The Balaban J connectivity index is 0.00000320. The smallest absolute Gasteiger partial charge is 0.227 e. The zero-order chi connectivity index (χ0) is 20.5. The van der Waals surface area contributed by atoms with E-state index in [-0.39, 0.29) is 35.8 Å². The van der Waals surface area contributed by atoms with E-state index in [4.69, 9.17) is 0 Å². The van der Waals surface area contributed by atoms with E-state index in [0.717, 1.165) is 56.0 Å². The second-order valence-corrected chi connectivity index (χ2v) is 8.36. The number of hydrogen-bond donors (Lipinski definition) is 3. The second kappa shape index (κ2) is 13.1. The molecular formula is C23H38IN5O. The first-order valence-corrected chi connectivity index (χ1v) is 11.3. The molecule has 1 aliphatic heterocycles. The molecule has 7 heteroatoms. The molecular weight excluding hydrogens is 489 g/mol. The van der Waals surface area contributed by atoms with Crippen LogP contribution in [0.1, 0.15) is 57.4 Å². The summed E-state index contributed by atoms with van der Waals surface area (Å²) in [7, 11) is 1.82. The van der Waals surface area contributed by atoms with Crippen molar-refractivity contribution < 1.29 is 4.79 Å². The first kappa shape index (κ1) is 24.9. The van der Waals surface area contributed by atoms with E-state index in [0.29, 0.717) is 12.6 Å². The normalized spacial score (nSPS) is 18.7. The third-order valence-corrected chi connectivity index (χ3v) is 6.07. The molecule has 0 aromatic heterocycles. The van der Waals surface area contributed by atoms with Gasteiger partial charge in [-0.2, -0.15) is 0 Å². The van der Waals surface area contributed by atoms with Crippen molar-refractivity contribution >= 4 is 41.5 Å². The number of nitrogens with one attached hydrogen (secondary N) is 3. The molecule has 1 heterocycles. The fraction of sp³-hybridized carbons (Fsp3) is 0.652. The number of carbonyl (C=O) groups is 1. The van der Waals surface area contributed by atoms with Crippen LogP contribution in [0.15, 0.2) is 29.3 Å². The van der Waals surface area contributed by atoms with E-state index in [1.807, 2.05) is 19.2 Å². The molecule has 0 radical (unpaired) electrons. The Bertz CT molecular complexity index is 682. The van der Waals surface area contributed by atoms with Gasteiger partial charge in [-0.05, 0) is 56.3 Å². The van der Waals surface area contributed by atoms with Crippen LogP contribution in [-0.2, 0) is 11.3 Å². The van der Waals surface area contributed by atoms with Crippen molar-refractivity contribution in [2.75, 3.05) is 32.0 Å². The molecule has 0 bridgehead atoms. The highest BCUT2D eigenvalue weighted by Gasteiger charge is 2.22. The molecule has 1 aliphatic carbocycles. The lowest BCUT2D eigenvalue weighted by Gasteiger charge is -2.32. The Morgan fingerprint density at radius 2 is 1.90 bits per heavy atom. The first-order valence-electron chi connectivity index (χ1n) is 11.3. The maximum Gasteiger partial charge on any atom is 0.227 e. The Morgan fingerprint density at radius 1 is 1.17 bits per heavy atom. The fourth-order valence-corrected chi connectivity index (χ4v) is 4.38. The van der Waals surface area contributed by atoms with Crippen LogP contribution in [0.5, 0.6) is 0 Å². The van der Waals surface area contributed by atoms with Crippen LogP contribution in [0.3, 0.4) is 0 Å². The molecule has 3 N–H and O–H groups in total. The van der Waals surface area contributed by atoms with Crippen molar-refractivity contribution in [3.63, 3.8) is 0 Å². The Labute approximate surface area is 198 Å². The van der Waals surface area contributed by atoms with E-state index in [1.165, 1.54) is 25.8 Å². The van der Waals surface area contributed by atoms with E-state index in [1.54, 1.807) is 0 Å². The van der Waals surface area contributed by atoms with Crippen LogP contribution in [0.25, 0.3) is 0 Å². The lowest BCUT2D eigenvalue weighted by Crippen LogP contribution is -2.48. The van der Waals surface area contributed by atoms with Crippen molar-refractivity contribution in [2.45, 2.75) is 64.5 Å². The molecule has 2 aliphatic rings. The van der Waals surface area contributed by atoms with Crippen LogP contribution >= 0.6 is 24.0 Å². The Morgan fingerprint density at radius 3 is 2.57 bits per heavy atom. The maximum atomic E-state index is 12.4. The highest BCUT2D eigenvalue weighted by molar-refractivity contribution is 14.0. The first-order chi connectivity index (χ1) is 14.2. The predicted molar refractivity (Wildman–Crippen MR) is 136 cm³/mol. The number of anilines is 1. The number of guanidine groups is 1. The molecule has 2 fully saturated rings. The number of benzene rings is 1. The number of halogens is 1. The summed E-state index contributed by atoms with van der Waals surface area (Å²) < 4.78 is 0. The number of hydrogen-bond acceptors (Lipinski definition) is 3. The van der Waals surface area contributed by atoms with E-state index in [9.17, 15) is 4.79 Å². The fourth-order valence-electron chi connectivity index (χ4n) is 4.38. The molecule has 1 aromatic rings. The van der Waals surface area contributed by atoms with Crippen LogP contribution in [-0.4, -0.2) is 49.5 Å². The van der Waals surface area contributed by atoms with Gasteiger partial charge in [-0.3, -0.25) is 9.79 Å². The molecule has 3 rings (SSSR count). The summed E-state index contributed by atoms with van der Waals surface area (Å²) in [6.07, 6.45) is 7.92. The predicted octanol–water partition coefficient (Wildman–Crippen LogP) is 3.97. The standard InChI is InChI=1S/C23H37N5O.HI/c1-3-13-28-14-11-20(12-15-28)27-23(24-2)25-17-18-7-6-10-21(16-18)26-22(29)19-8-4-5-9-19;/h6-7,10,16,19-20H,3-5,8-9,11-15,17H2,1-2H3,(H,26,29)(H2,24,25,27);1H. The van der Waals surface area contributed by atoms with Crippen LogP contribution in [0, 0.1) is 5.92 Å². The highest BCUT2D eigenvalue weighted by Crippen LogP contribution is 2.26. The number of piperidine rings is 1. The number of nitrogens with zero attached hydrogens (tertiary/aromatic N) is 2. The summed E-state index contributed by atoms with van der Waals surface area (Å²) >= 11 is 0. The molecule has 1 amide bonds. The van der Waals surface area contributed by atoms with Gasteiger partial charge in [0.15, 0.2) is 5.96 Å². The molecule has 1 saturated heterocycles. The third-order valence-electron chi connectivity index (χ3n) is 6.07. The molecule has 168 valence electrons. The Kier molecular flexibility index (Phi) is 10.9. The average Bonchev–Trinajstić information content (AvgIpc) is 3.28. The van der Waals surface area contributed by atoms with E-state index < -0.39 is 0 Å². The minimum Gasteiger partial charge on any atom is -0.354 e. The SMILES string of the molecule is CCCN1CCC(NC(=NC)NCc2cccc(NC(=O)C3CCCC3)c2)CC1.I. The minimum atomic E-state index is 0. The number of rotatable bonds is 7. The number of amides is 1. The lowest BCUT2D eigenvalue weighted by atomic mass is 10.1. The van der Waals surface area contributed by atoms with Gasteiger partial charge in [0.25, 0.3) is 0 Å². The van der Waals surface area contributed by atoms with Crippen molar-refractivity contribution in [3.8, 4) is 0 Å². The van der Waals surface area contributed by atoms with Crippen molar-refractivity contribution in [2.24, 2.45) is 10.9 Å². The van der Waals surface area contributed by atoms with Gasteiger partial charge in [0.05, 0.1) is 0 Å². The highest BCUT2D eigenvalue weighted by atomic mass is 127. The van der Waals surface area contributed by atoms with Gasteiger partial charge in [-0.25, -0.2) is 0 Å². The third kappa shape index (κ3) is 7.72. The number of aliphatic imine (C=N–C) groups is 1. The molecule has 0 unspecified atom stereocenters. The van der Waals surface area contributed by atoms with Crippen molar-refractivity contribution in [3.05, 3.63) is 29.8 Å². The van der Waals surface area contributed by atoms with Crippen molar-refractivity contribution in [1.82, 2.24) is 15.5 Å². The molecule has 0 spiro atoms. The van der Waals surface area contributed by atoms with Crippen LogP contribution in [0.2, 0.25) is 0 Å². The van der Waals surface area contributed by atoms with Gasteiger partial charge >= 0.3 is 0 Å². The quantitative estimate of drug-likeness (QED) is 0.285. The van der Waals surface area contributed by atoms with Crippen molar-refractivity contribution in [1.29, 1.82) is 0 Å². The zero-order valence-electron chi connectivity index (χ0n) is 18.5. The molecule has 1 saturated carbocycles. The molecule has 0 atom stereocenters. The number of likely N-dealkylation sites (tertiary alicyclic amines) is 1. The topological polar surface area (TPSA) is 68.8 Å². The molecule has 6 nitrogen and oxygen atoms in total. The summed E-state index contributed by atoms with van der Waals surface area (Å²) in [5, 5.41) is 10.1. The Hall–Kier alpha value is -1.35. The molecule has 1 aromatic carbocycles. The van der Waals surface area contributed by atoms with Gasteiger partial charge in [0.1, 0.15) is 0 Å².